The van der Waals surface area contributed by atoms with Crippen LogP contribution in [0.5, 0.6) is 0 Å². The number of carbonyl (C=O) groups is 1. The molecular formula is C18H12FO4S2-. The molecule has 128 valence electrons. The van der Waals surface area contributed by atoms with Gasteiger partial charge in [-0.15, -0.1) is 11.3 Å². The number of carbonyl (C=O) groups excluding carboxylic acids is 1. The van der Waals surface area contributed by atoms with Gasteiger partial charge in [0.2, 0.25) is 0 Å². The number of sulfone groups is 1. The van der Waals surface area contributed by atoms with Crippen molar-refractivity contribution in [3.8, 4) is 22.3 Å². The summed E-state index contributed by atoms with van der Waals surface area (Å²) in [5.41, 5.74) is 2.26. The Hall–Kier alpha value is -2.51. The first-order valence-corrected chi connectivity index (χ1v) is 9.94. The summed E-state index contributed by atoms with van der Waals surface area (Å²) in [5.74, 6) is -1.74. The minimum Gasteiger partial charge on any atom is -0.544 e. The van der Waals surface area contributed by atoms with Crippen molar-refractivity contribution < 1.29 is 22.7 Å². The highest BCUT2D eigenvalue weighted by Crippen LogP contribution is 2.39. The standard InChI is InChI=1S/C18H13FO4S2/c1-25(22,23)14-8-4-11(5-9-14)15-10-24-17(18(20)21)16(15)12-2-6-13(19)7-3-12/h2-10H,1H3,(H,20,21)/p-1. The molecule has 0 radical (unpaired) electrons. The number of hydrogen-bond acceptors (Lipinski definition) is 5. The van der Waals surface area contributed by atoms with E-state index in [0.29, 0.717) is 22.3 Å². The smallest absolute Gasteiger partial charge is 0.175 e. The van der Waals surface area contributed by atoms with Gasteiger partial charge in [0.25, 0.3) is 0 Å². The number of hydrogen-bond donors (Lipinski definition) is 0. The molecule has 0 unspecified atom stereocenters. The van der Waals surface area contributed by atoms with Crippen molar-refractivity contribution in [2.75, 3.05) is 6.26 Å². The first-order valence-electron chi connectivity index (χ1n) is 7.16. The van der Waals surface area contributed by atoms with E-state index in [-0.39, 0.29) is 9.77 Å². The van der Waals surface area contributed by atoms with Crippen molar-refractivity contribution in [2.24, 2.45) is 0 Å². The average Bonchev–Trinajstić information content (AvgIpc) is 3.00. The van der Waals surface area contributed by atoms with Crippen molar-refractivity contribution in [1.82, 2.24) is 0 Å². The van der Waals surface area contributed by atoms with Gasteiger partial charge in [-0.05, 0) is 40.8 Å². The van der Waals surface area contributed by atoms with Crippen LogP contribution in [0.25, 0.3) is 22.3 Å². The number of carboxylic acid groups (broad SMARTS) is 1. The number of rotatable bonds is 4. The summed E-state index contributed by atoms with van der Waals surface area (Å²) in [7, 11) is -3.32. The van der Waals surface area contributed by atoms with Crippen LogP contribution in [-0.2, 0) is 9.84 Å². The highest BCUT2D eigenvalue weighted by molar-refractivity contribution is 7.90. The zero-order valence-electron chi connectivity index (χ0n) is 13.0. The molecule has 25 heavy (non-hydrogen) atoms. The lowest BCUT2D eigenvalue weighted by Crippen LogP contribution is -2.21. The third kappa shape index (κ3) is 3.47. The Labute approximate surface area is 148 Å². The molecule has 2 aromatic carbocycles. The van der Waals surface area contributed by atoms with Gasteiger partial charge in [0.15, 0.2) is 9.84 Å². The Kier molecular flexibility index (Phi) is 4.45. The molecular weight excluding hydrogens is 363 g/mol. The topological polar surface area (TPSA) is 74.3 Å². The van der Waals surface area contributed by atoms with Crippen LogP contribution in [0.1, 0.15) is 9.67 Å². The van der Waals surface area contributed by atoms with E-state index >= 15 is 0 Å². The van der Waals surface area contributed by atoms with Crippen LogP contribution in [0, 0.1) is 5.82 Å². The summed E-state index contributed by atoms with van der Waals surface area (Å²) in [4.78, 5) is 11.6. The second kappa shape index (κ2) is 6.42. The summed E-state index contributed by atoms with van der Waals surface area (Å²) in [6.07, 6.45) is 1.12. The molecule has 0 amide bonds. The van der Waals surface area contributed by atoms with Crippen molar-refractivity contribution in [3.05, 3.63) is 64.6 Å². The van der Waals surface area contributed by atoms with Crippen LogP contribution in [0.4, 0.5) is 4.39 Å². The molecule has 1 heterocycles. The molecule has 0 saturated heterocycles. The predicted octanol–water partition coefficient (Wildman–Crippen LogP) is 2.99. The summed E-state index contributed by atoms with van der Waals surface area (Å²) >= 11 is 1.01. The Morgan fingerprint density at radius 3 is 2.08 bits per heavy atom. The van der Waals surface area contributed by atoms with Crippen LogP contribution in [0.3, 0.4) is 0 Å². The van der Waals surface area contributed by atoms with E-state index in [1.807, 2.05) is 0 Å². The lowest BCUT2D eigenvalue weighted by atomic mass is 9.97. The normalized spacial score (nSPS) is 11.4. The minimum absolute atomic E-state index is 0.0359. The van der Waals surface area contributed by atoms with Crippen LogP contribution in [-0.4, -0.2) is 20.6 Å². The molecule has 0 aliphatic rings. The fourth-order valence-electron chi connectivity index (χ4n) is 2.51. The van der Waals surface area contributed by atoms with Crippen molar-refractivity contribution in [1.29, 1.82) is 0 Å². The molecule has 0 fully saturated rings. The van der Waals surface area contributed by atoms with E-state index in [9.17, 15) is 22.7 Å². The molecule has 0 spiro atoms. The van der Waals surface area contributed by atoms with Crippen LogP contribution < -0.4 is 5.11 Å². The second-order valence-corrected chi connectivity index (χ2v) is 8.34. The molecule has 1 aromatic heterocycles. The maximum absolute atomic E-state index is 13.2. The maximum atomic E-state index is 13.2. The molecule has 0 bridgehead atoms. The van der Waals surface area contributed by atoms with Gasteiger partial charge in [0.1, 0.15) is 5.82 Å². The maximum Gasteiger partial charge on any atom is 0.175 e. The SMILES string of the molecule is CS(=O)(=O)c1ccc(-c2csc(C(=O)[O-])c2-c2ccc(F)cc2)cc1. The lowest BCUT2D eigenvalue weighted by Gasteiger charge is -2.10. The largest absolute Gasteiger partial charge is 0.544 e. The Bertz CT molecular complexity index is 1030. The number of benzene rings is 2. The van der Waals surface area contributed by atoms with Crippen LogP contribution >= 0.6 is 11.3 Å². The summed E-state index contributed by atoms with van der Waals surface area (Å²) in [6, 6.07) is 11.7. The van der Waals surface area contributed by atoms with Crippen molar-refractivity contribution in [3.63, 3.8) is 0 Å². The first-order chi connectivity index (χ1) is 11.8. The summed E-state index contributed by atoms with van der Waals surface area (Å²) in [6.45, 7) is 0. The quantitative estimate of drug-likeness (QED) is 0.703. The van der Waals surface area contributed by atoms with Crippen LogP contribution in [0.15, 0.2) is 58.8 Å². The third-order valence-electron chi connectivity index (χ3n) is 3.70. The molecule has 0 N–H and O–H groups in total. The predicted molar refractivity (Wildman–Crippen MR) is 92.6 cm³/mol. The number of halogens is 1. The Morgan fingerprint density at radius 1 is 1.00 bits per heavy atom. The molecule has 0 saturated carbocycles. The Balaban J connectivity index is 2.17. The molecule has 0 atom stereocenters. The van der Waals surface area contributed by atoms with E-state index in [1.54, 1.807) is 17.5 Å². The van der Waals surface area contributed by atoms with Gasteiger partial charge in [0, 0.05) is 17.4 Å². The van der Waals surface area contributed by atoms with Gasteiger partial charge in [-0.3, -0.25) is 0 Å². The fourth-order valence-corrected chi connectivity index (χ4v) is 4.07. The number of carboxylic acids is 1. The minimum atomic E-state index is -3.32. The van der Waals surface area contributed by atoms with Gasteiger partial charge in [-0.1, -0.05) is 24.3 Å². The molecule has 0 aliphatic carbocycles. The molecule has 0 aliphatic heterocycles. The molecule has 4 nitrogen and oxygen atoms in total. The zero-order valence-corrected chi connectivity index (χ0v) is 14.7. The van der Waals surface area contributed by atoms with E-state index in [0.717, 1.165) is 17.6 Å². The van der Waals surface area contributed by atoms with E-state index in [2.05, 4.69) is 0 Å². The summed E-state index contributed by atoms with van der Waals surface area (Å²) < 4.78 is 36.3. The number of aromatic carboxylic acids is 1. The second-order valence-electron chi connectivity index (χ2n) is 5.44. The van der Waals surface area contributed by atoms with Gasteiger partial charge in [0.05, 0.1) is 15.7 Å². The van der Waals surface area contributed by atoms with E-state index in [1.165, 1.54) is 36.4 Å². The van der Waals surface area contributed by atoms with Crippen molar-refractivity contribution >= 4 is 27.1 Å². The lowest BCUT2D eigenvalue weighted by molar-refractivity contribution is -0.254. The average molecular weight is 375 g/mol. The van der Waals surface area contributed by atoms with Crippen LogP contribution in [0.2, 0.25) is 0 Å². The van der Waals surface area contributed by atoms with Gasteiger partial charge >= 0.3 is 0 Å². The third-order valence-corrected chi connectivity index (χ3v) is 5.79. The number of thiophene rings is 1. The highest BCUT2D eigenvalue weighted by Gasteiger charge is 2.17. The van der Waals surface area contributed by atoms with Gasteiger partial charge in [-0.25, -0.2) is 12.8 Å². The van der Waals surface area contributed by atoms with Gasteiger partial charge < -0.3 is 9.90 Å². The Morgan fingerprint density at radius 2 is 1.56 bits per heavy atom. The monoisotopic (exact) mass is 375 g/mol. The fraction of sp³-hybridized carbons (Fsp3) is 0.0556. The first kappa shape index (κ1) is 17.3. The zero-order chi connectivity index (χ0) is 18.2. The van der Waals surface area contributed by atoms with Gasteiger partial charge in [-0.2, -0.15) is 0 Å². The van der Waals surface area contributed by atoms with E-state index < -0.39 is 21.6 Å². The van der Waals surface area contributed by atoms with E-state index in [4.69, 9.17) is 0 Å². The highest BCUT2D eigenvalue weighted by atomic mass is 32.2. The van der Waals surface area contributed by atoms with Crippen molar-refractivity contribution in [2.45, 2.75) is 4.90 Å². The molecule has 3 rings (SSSR count). The molecule has 7 heteroatoms. The summed E-state index contributed by atoms with van der Waals surface area (Å²) in [5, 5.41) is 13.1. The molecule has 3 aromatic rings.